The molecule has 0 amide bonds. The van der Waals surface area contributed by atoms with Gasteiger partial charge in [0.1, 0.15) is 11.9 Å². The van der Waals surface area contributed by atoms with Gasteiger partial charge in [0.05, 0.1) is 0 Å². The van der Waals surface area contributed by atoms with Crippen molar-refractivity contribution in [2.45, 2.75) is 26.0 Å². The molecule has 0 saturated heterocycles. The molecule has 108 valence electrons. The zero-order valence-electron chi connectivity index (χ0n) is 12.6. The summed E-state index contributed by atoms with van der Waals surface area (Å²) in [4.78, 5) is 2.16. The first-order chi connectivity index (χ1) is 9.62. The largest absolute Gasteiger partial charge is 0.489 e. The summed E-state index contributed by atoms with van der Waals surface area (Å²) >= 11 is 0. The molecule has 0 spiro atoms. The van der Waals surface area contributed by atoms with Gasteiger partial charge in [0, 0.05) is 13.1 Å². The van der Waals surface area contributed by atoms with Gasteiger partial charge in [-0.1, -0.05) is 25.1 Å². The van der Waals surface area contributed by atoms with Crippen LogP contribution in [0.4, 0.5) is 0 Å². The van der Waals surface area contributed by atoms with Crippen LogP contribution < -0.4 is 10.5 Å². The van der Waals surface area contributed by atoms with Gasteiger partial charge in [-0.05, 0) is 55.1 Å². The fourth-order valence-corrected chi connectivity index (χ4v) is 2.32. The third-order valence-electron chi connectivity index (χ3n) is 3.44. The molecule has 0 aliphatic carbocycles. The van der Waals surface area contributed by atoms with Crippen LogP contribution >= 0.6 is 0 Å². The van der Waals surface area contributed by atoms with E-state index in [-0.39, 0.29) is 6.10 Å². The van der Waals surface area contributed by atoms with E-state index in [4.69, 9.17) is 10.5 Å². The predicted molar refractivity (Wildman–Crippen MR) is 85.1 cm³/mol. The SMILES string of the molecule is CCC(CN(C)C)Oc1ccc2cc(CN)ccc2c1. The minimum atomic E-state index is 0.228. The second kappa shape index (κ2) is 6.73. The highest BCUT2D eigenvalue weighted by atomic mass is 16.5. The molecule has 0 aromatic heterocycles. The molecule has 0 radical (unpaired) electrons. The number of hydrogen-bond donors (Lipinski definition) is 1. The molecule has 0 saturated carbocycles. The number of likely N-dealkylation sites (N-methyl/N-ethyl adjacent to an activating group) is 1. The molecule has 3 nitrogen and oxygen atoms in total. The molecule has 1 unspecified atom stereocenters. The smallest absolute Gasteiger partial charge is 0.120 e. The first kappa shape index (κ1) is 14.8. The van der Waals surface area contributed by atoms with E-state index < -0.39 is 0 Å². The lowest BCUT2D eigenvalue weighted by Gasteiger charge is -2.21. The molecular weight excluding hydrogens is 248 g/mol. The van der Waals surface area contributed by atoms with Crippen LogP contribution in [-0.4, -0.2) is 31.6 Å². The normalized spacial score (nSPS) is 12.8. The molecular formula is C17H24N2O. The van der Waals surface area contributed by atoms with Crippen LogP contribution in [0.1, 0.15) is 18.9 Å². The second-order valence-corrected chi connectivity index (χ2v) is 5.46. The molecule has 2 aromatic rings. The minimum Gasteiger partial charge on any atom is -0.489 e. The van der Waals surface area contributed by atoms with Crippen molar-refractivity contribution >= 4 is 10.8 Å². The van der Waals surface area contributed by atoms with Crippen LogP contribution in [-0.2, 0) is 6.54 Å². The van der Waals surface area contributed by atoms with Crippen molar-refractivity contribution < 1.29 is 4.74 Å². The van der Waals surface area contributed by atoms with E-state index >= 15 is 0 Å². The highest BCUT2D eigenvalue weighted by Crippen LogP contribution is 2.23. The van der Waals surface area contributed by atoms with Gasteiger partial charge in [0.2, 0.25) is 0 Å². The topological polar surface area (TPSA) is 38.5 Å². The van der Waals surface area contributed by atoms with Crippen molar-refractivity contribution in [2.75, 3.05) is 20.6 Å². The Hall–Kier alpha value is -1.58. The van der Waals surface area contributed by atoms with Gasteiger partial charge in [-0.25, -0.2) is 0 Å². The zero-order valence-corrected chi connectivity index (χ0v) is 12.6. The monoisotopic (exact) mass is 272 g/mol. The Morgan fingerprint density at radius 3 is 2.45 bits per heavy atom. The molecule has 1 atom stereocenters. The Labute approximate surface area is 121 Å². The van der Waals surface area contributed by atoms with Crippen LogP contribution in [0.25, 0.3) is 10.8 Å². The highest BCUT2D eigenvalue weighted by Gasteiger charge is 2.09. The van der Waals surface area contributed by atoms with Crippen LogP contribution in [0.15, 0.2) is 36.4 Å². The summed E-state index contributed by atoms with van der Waals surface area (Å²) in [5, 5.41) is 2.40. The molecule has 3 heteroatoms. The quantitative estimate of drug-likeness (QED) is 0.878. The molecule has 2 aromatic carbocycles. The van der Waals surface area contributed by atoms with Gasteiger partial charge in [0.15, 0.2) is 0 Å². The summed E-state index contributed by atoms with van der Waals surface area (Å²) in [6, 6.07) is 12.6. The van der Waals surface area contributed by atoms with E-state index in [1.54, 1.807) is 0 Å². The van der Waals surface area contributed by atoms with Gasteiger partial charge >= 0.3 is 0 Å². The summed E-state index contributed by atoms with van der Waals surface area (Å²) in [7, 11) is 4.14. The Kier molecular flexibility index (Phi) is 4.99. The van der Waals surface area contributed by atoms with Crippen LogP contribution in [0, 0.1) is 0 Å². The van der Waals surface area contributed by atoms with Gasteiger partial charge in [-0.3, -0.25) is 0 Å². The van der Waals surface area contributed by atoms with Gasteiger partial charge in [0.25, 0.3) is 0 Å². The Morgan fingerprint density at radius 1 is 1.10 bits per heavy atom. The summed E-state index contributed by atoms with van der Waals surface area (Å²) in [6.45, 7) is 3.67. The van der Waals surface area contributed by atoms with Crippen molar-refractivity contribution in [2.24, 2.45) is 5.73 Å². The maximum Gasteiger partial charge on any atom is 0.120 e. The van der Waals surface area contributed by atoms with E-state index in [2.05, 4.69) is 56.3 Å². The number of rotatable bonds is 6. The lowest BCUT2D eigenvalue weighted by atomic mass is 10.1. The first-order valence-electron chi connectivity index (χ1n) is 7.16. The average Bonchev–Trinajstić information content (AvgIpc) is 2.45. The molecule has 0 fully saturated rings. The Morgan fingerprint density at radius 2 is 1.80 bits per heavy atom. The summed E-state index contributed by atoms with van der Waals surface area (Å²) < 4.78 is 6.07. The number of ether oxygens (including phenoxy) is 1. The maximum absolute atomic E-state index is 6.07. The summed E-state index contributed by atoms with van der Waals surface area (Å²) in [6.07, 6.45) is 1.23. The third-order valence-corrected chi connectivity index (χ3v) is 3.44. The Bertz CT molecular complexity index is 566. The molecule has 0 aliphatic rings. The maximum atomic E-state index is 6.07. The summed E-state index contributed by atoms with van der Waals surface area (Å²) in [5.74, 6) is 0.937. The third kappa shape index (κ3) is 3.71. The van der Waals surface area contributed by atoms with Crippen molar-refractivity contribution in [3.05, 3.63) is 42.0 Å². The standard InChI is InChI=1S/C17H24N2O/c1-4-16(12-19(2)3)20-17-8-7-14-9-13(11-18)5-6-15(14)10-17/h5-10,16H,4,11-12,18H2,1-3H3. The molecule has 0 bridgehead atoms. The molecule has 2 N–H and O–H groups in total. The van der Waals surface area contributed by atoms with Crippen LogP contribution in [0.3, 0.4) is 0 Å². The molecule has 20 heavy (non-hydrogen) atoms. The van der Waals surface area contributed by atoms with Crippen LogP contribution in [0.5, 0.6) is 5.75 Å². The van der Waals surface area contributed by atoms with E-state index in [9.17, 15) is 0 Å². The predicted octanol–water partition coefficient (Wildman–Crippen LogP) is 3.02. The fourth-order valence-electron chi connectivity index (χ4n) is 2.32. The van der Waals surface area contributed by atoms with Crippen molar-refractivity contribution in [1.29, 1.82) is 0 Å². The average molecular weight is 272 g/mol. The lowest BCUT2D eigenvalue weighted by molar-refractivity contribution is 0.156. The van der Waals surface area contributed by atoms with E-state index in [1.807, 2.05) is 6.07 Å². The lowest BCUT2D eigenvalue weighted by Crippen LogP contribution is -2.30. The Balaban J connectivity index is 2.18. The minimum absolute atomic E-state index is 0.228. The van der Waals surface area contributed by atoms with Crippen LogP contribution in [0.2, 0.25) is 0 Å². The number of benzene rings is 2. The van der Waals surface area contributed by atoms with Crippen molar-refractivity contribution in [3.63, 3.8) is 0 Å². The van der Waals surface area contributed by atoms with E-state index in [1.165, 1.54) is 10.8 Å². The van der Waals surface area contributed by atoms with E-state index in [0.29, 0.717) is 6.54 Å². The van der Waals surface area contributed by atoms with Gasteiger partial charge in [-0.2, -0.15) is 0 Å². The zero-order chi connectivity index (χ0) is 14.5. The number of hydrogen-bond acceptors (Lipinski definition) is 3. The first-order valence-corrected chi connectivity index (χ1v) is 7.16. The van der Waals surface area contributed by atoms with Crippen molar-refractivity contribution in [3.8, 4) is 5.75 Å². The molecule has 0 aliphatic heterocycles. The highest BCUT2D eigenvalue weighted by molar-refractivity contribution is 5.84. The number of fused-ring (bicyclic) bond motifs is 1. The van der Waals surface area contributed by atoms with Crippen molar-refractivity contribution in [1.82, 2.24) is 4.90 Å². The van der Waals surface area contributed by atoms with E-state index in [0.717, 1.165) is 24.3 Å². The van der Waals surface area contributed by atoms with Gasteiger partial charge < -0.3 is 15.4 Å². The molecule has 2 rings (SSSR count). The number of nitrogens with two attached hydrogens (primary N) is 1. The number of nitrogens with zero attached hydrogens (tertiary/aromatic N) is 1. The fraction of sp³-hybridized carbons (Fsp3) is 0.412. The van der Waals surface area contributed by atoms with Gasteiger partial charge in [-0.15, -0.1) is 0 Å². The molecule has 0 heterocycles. The summed E-state index contributed by atoms with van der Waals surface area (Å²) in [5.41, 5.74) is 6.83. The second-order valence-electron chi connectivity index (χ2n) is 5.46.